The van der Waals surface area contributed by atoms with Gasteiger partial charge in [0.2, 0.25) is 0 Å². The molecule has 0 radical (unpaired) electrons. The van der Waals surface area contributed by atoms with Gasteiger partial charge in [0.1, 0.15) is 0 Å². The normalized spacial score (nSPS) is 13.8. The minimum atomic E-state index is 0.210. The Kier molecular flexibility index (Phi) is 5.27. The molecule has 2 rings (SSSR count). The molecule has 0 fully saturated rings. The number of anilines is 1. The topological polar surface area (TPSA) is 15.3 Å². The summed E-state index contributed by atoms with van der Waals surface area (Å²) in [6, 6.07) is 17.1. The van der Waals surface area contributed by atoms with Crippen molar-refractivity contribution in [3.05, 3.63) is 64.7 Å². The molecule has 0 heterocycles. The fourth-order valence-corrected chi connectivity index (χ4v) is 2.75. The fraction of sp³-hybridized carbons (Fsp3) is 0.333. The van der Waals surface area contributed by atoms with Crippen LogP contribution < -0.4 is 10.2 Å². The fourth-order valence-electron chi connectivity index (χ4n) is 2.45. The second-order valence-electron chi connectivity index (χ2n) is 5.62. The lowest BCUT2D eigenvalue weighted by Crippen LogP contribution is -2.22. The van der Waals surface area contributed by atoms with Crippen LogP contribution in [-0.2, 0) is 0 Å². The molecule has 0 aliphatic carbocycles. The standard InChI is InChI=1S/C18H23ClN2/c1-13(15-9-11-16(12-10-15)21(3)4)20-14(2)17-7-5-6-8-18(17)19/h5-14,20H,1-4H3/t13?,14-/m1/s1. The maximum atomic E-state index is 6.26. The van der Waals surface area contributed by atoms with E-state index in [1.807, 2.05) is 18.2 Å². The Bertz CT molecular complexity index is 578. The van der Waals surface area contributed by atoms with Crippen molar-refractivity contribution >= 4 is 17.3 Å². The lowest BCUT2D eigenvalue weighted by atomic mass is 10.0. The van der Waals surface area contributed by atoms with E-state index in [2.05, 4.69) is 68.5 Å². The van der Waals surface area contributed by atoms with Crippen LogP contribution in [0.2, 0.25) is 5.02 Å². The van der Waals surface area contributed by atoms with Crippen LogP contribution in [0, 0.1) is 0 Å². The lowest BCUT2D eigenvalue weighted by molar-refractivity contribution is 0.495. The average Bonchev–Trinajstić information content (AvgIpc) is 2.47. The highest BCUT2D eigenvalue weighted by atomic mass is 35.5. The van der Waals surface area contributed by atoms with Crippen molar-refractivity contribution in [2.24, 2.45) is 0 Å². The van der Waals surface area contributed by atoms with Crippen LogP contribution in [0.4, 0.5) is 5.69 Å². The first-order chi connectivity index (χ1) is 9.99. The summed E-state index contributed by atoms with van der Waals surface area (Å²) in [7, 11) is 4.10. The van der Waals surface area contributed by atoms with Gasteiger partial charge in [0.25, 0.3) is 0 Å². The Balaban J connectivity index is 2.07. The SMILES string of the molecule is CC(N[C@H](C)c1ccccc1Cl)c1ccc(N(C)C)cc1. The highest BCUT2D eigenvalue weighted by Crippen LogP contribution is 2.25. The molecular weight excluding hydrogens is 280 g/mol. The molecule has 2 atom stereocenters. The average molecular weight is 303 g/mol. The van der Waals surface area contributed by atoms with Crippen LogP contribution in [0.5, 0.6) is 0 Å². The summed E-state index contributed by atoms with van der Waals surface area (Å²) in [5.74, 6) is 0. The number of nitrogens with zero attached hydrogens (tertiary/aromatic N) is 1. The predicted octanol–water partition coefficient (Wildman–Crippen LogP) is 4.82. The van der Waals surface area contributed by atoms with Gasteiger partial charge in [-0.15, -0.1) is 0 Å². The molecule has 112 valence electrons. The van der Waals surface area contributed by atoms with Gasteiger partial charge < -0.3 is 10.2 Å². The zero-order chi connectivity index (χ0) is 15.4. The number of hydrogen-bond donors (Lipinski definition) is 1. The summed E-state index contributed by atoms with van der Waals surface area (Å²) < 4.78 is 0. The molecular formula is C18H23ClN2. The molecule has 1 N–H and O–H groups in total. The minimum Gasteiger partial charge on any atom is -0.378 e. The first-order valence-electron chi connectivity index (χ1n) is 7.27. The maximum Gasteiger partial charge on any atom is 0.0453 e. The monoisotopic (exact) mass is 302 g/mol. The Labute approximate surface area is 132 Å². The summed E-state index contributed by atoms with van der Waals surface area (Å²) in [5.41, 5.74) is 3.63. The minimum absolute atomic E-state index is 0.210. The van der Waals surface area contributed by atoms with Gasteiger partial charge in [0.05, 0.1) is 0 Å². The van der Waals surface area contributed by atoms with E-state index in [4.69, 9.17) is 11.6 Å². The van der Waals surface area contributed by atoms with Gasteiger partial charge in [-0.2, -0.15) is 0 Å². The Morgan fingerprint density at radius 2 is 1.52 bits per heavy atom. The highest BCUT2D eigenvalue weighted by Gasteiger charge is 2.13. The van der Waals surface area contributed by atoms with E-state index >= 15 is 0 Å². The third kappa shape index (κ3) is 3.99. The second-order valence-corrected chi connectivity index (χ2v) is 6.02. The third-order valence-corrected chi connectivity index (χ3v) is 4.13. The molecule has 1 unspecified atom stereocenters. The number of rotatable bonds is 5. The maximum absolute atomic E-state index is 6.26. The predicted molar refractivity (Wildman–Crippen MR) is 92.2 cm³/mol. The summed E-state index contributed by atoms with van der Waals surface area (Å²) >= 11 is 6.26. The Hall–Kier alpha value is -1.51. The Morgan fingerprint density at radius 1 is 0.905 bits per heavy atom. The molecule has 3 heteroatoms. The molecule has 2 nitrogen and oxygen atoms in total. The summed E-state index contributed by atoms with van der Waals surface area (Å²) in [5, 5.41) is 4.42. The van der Waals surface area contributed by atoms with Crippen LogP contribution in [0.1, 0.15) is 37.1 Å². The number of nitrogens with one attached hydrogen (secondary N) is 1. The number of benzene rings is 2. The first kappa shape index (κ1) is 15.9. The van der Waals surface area contributed by atoms with Crippen molar-refractivity contribution in [2.45, 2.75) is 25.9 Å². The van der Waals surface area contributed by atoms with E-state index in [1.54, 1.807) is 0 Å². The van der Waals surface area contributed by atoms with E-state index in [9.17, 15) is 0 Å². The van der Waals surface area contributed by atoms with Crippen LogP contribution in [0.25, 0.3) is 0 Å². The third-order valence-electron chi connectivity index (χ3n) is 3.78. The molecule has 0 aliphatic heterocycles. The largest absolute Gasteiger partial charge is 0.378 e. The molecule has 0 aromatic heterocycles. The number of hydrogen-bond acceptors (Lipinski definition) is 2. The highest BCUT2D eigenvalue weighted by molar-refractivity contribution is 6.31. The molecule has 2 aromatic rings. The zero-order valence-corrected chi connectivity index (χ0v) is 13.9. The molecule has 2 aromatic carbocycles. The van der Waals surface area contributed by atoms with Crippen LogP contribution >= 0.6 is 11.6 Å². The van der Waals surface area contributed by atoms with E-state index in [0.29, 0.717) is 0 Å². The molecule has 0 spiro atoms. The van der Waals surface area contributed by atoms with Crippen molar-refractivity contribution in [1.29, 1.82) is 0 Å². The van der Waals surface area contributed by atoms with E-state index in [1.165, 1.54) is 11.3 Å². The molecule has 0 bridgehead atoms. The van der Waals surface area contributed by atoms with Crippen LogP contribution in [-0.4, -0.2) is 14.1 Å². The van der Waals surface area contributed by atoms with Gasteiger partial charge >= 0.3 is 0 Å². The first-order valence-corrected chi connectivity index (χ1v) is 7.64. The van der Waals surface area contributed by atoms with Crippen molar-refractivity contribution < 1.29 is 0 Å². The molecule has 21 heavy (non-hydrogen) atoms. The van der Waals surface area contributed by atoms with Gasteiger partial charge in [-0.05, 0) is 43.2 Å². The van der Waals surface area contributed by atoms with Crippen molar-refractivity contribution in [3.63, 3.8) is 0 Å². The van der Waals surface area contributed by atoms with Gasteiger partial charge in [0, 0.05) is 36.9 Å². The summed E-state index contributed by atoms with van der Waals surface area (Å²) in [6.45, 7) is 4.32. The van der Waals surface area contributed by atoms with E-state index < -0.39 is 0 Å². The van der Waals surface area contributed by atoms with Crippen LogP contribution in [0.15, 0.2) is 48.5 Å². The quantitative estimate of drug-likeness (QED) is 0.852. The zero-order valence-electron chi connectivity index (χ0n) is 13.1. The Morgan fingerprint density at radius 3 is 2.10 bits per heavy atom. The molecule has 0 saturated carbocycles. The second kappa shape index (κ2) is 6.97. The van der Waals surface area contributed by atoms with Gasteiger partial charge in [0.15, 0.2) is 0 Å². The van der Waals surface area contributed by atoms with Gasteiger partial charge in [-0.3, -0.25) is 0 Å². The smallest absolute Gasteiger partial charge is 0.0453 e. The van der Waals surface area contributed by atoms with Gasteiger partial charge in [-0.1, -0.05) is 41.9 Å². The van der Waals surface area contributed by atoms with Crippen molar-refractivity contribution in [1.82, 2.24) is 5.32 Å². The van der Waals surface area contributed by atoms with E-state index in [-0.39, 0.29) is 12.1 Å². The molecule has 0 aliphatic rings. The van der Waals surface area contributed by atoms with Crippen LogP contribution in [0.3, 0.4) is 0 Å². The molecule has 0 saturated heterocycles. The van der Waals surface area contributed by atoms with Gasteiger partial charge in [-0.25, -0.2) is 0 Å². The summed E-state index contributed by atoms with van der Waals surface area (Å²) in [4.78, 5) is 2.11. The van der Waals surface area contributed by atoms with E-state index in [0.717, 1.165) is 10.6 Å². The lowest BCUT2D eigenvalue weighted by Gasteiger charge is -2.22. The number of halogens is 1. The van der Waals surface area contributed by atoms with Crippen molar-refractivity contribution in [3.8, 4) is 0 Å². The summed E-state index contributed by atoms with van der Waals surface area (Å²) in [6.07, 6.45) is 0. The molecule has 0 amide bonds. The van der Waals surface area contributed by atoms with Crippen molar-refractivity contribution in [2.75, 3.05) is 19.0 Å².